The maximum absolute atomic E-state index is 11.1. The zero-order valence-corrected chi connectivity index (χ0v) is 8.96. The Morgan fingerprint density at radius 3 is 3.07 bits per heavy atom. The molecule has 0 bridgehead atoms. The molecule has 1 aliphatic rings. The molecule has 82 valence electrons. The van der Waals surface area contributed by atoms with Crippen LogP contribution in [0.2, 0.25) is 0 Å². The topological polar surface area (TPSA) is 75.3 Å². The number of aromatic nitrogens is 2. The predicted octanol–water partition coefficient (Wildman–Crippen LogP) is 0.363. The van der Waals surface area contributed by atoms with Gasteiger partial charge in [0.05, 0.1) is 18.8 Å². The van der Waals surface area contributed by atoms with E-state index >= 15 is 0 Å². The molecule has 0 spiro atoms. The number of carboxylic acid groups (broad SMARTS) is 1. The number of hydrogen-bond acceptors (Lipinski definition) is 4. The Balaban J connectivity index is 2.46. The van der Waals surface area contributed by atoms with Crippen LogP contribution in [0.5, 0.6) is 0 Å². The van der Waals surface area contributed by atoms with Crippen LogP contribution in [0.1, 0.15) is 21.7 Å². The first-order chi connectivity index (χ1) is 7.24. The number of aliphatic hydroxyl groups is 1. The molecule has 2 heterocycles. The van der Waals surface area contributed by atoms with Crippen molar-refractivity contribution in [2.75, 3.05) is 12.4 Å². The Hall–Kier alpha value is -1.01. The van der Waals surface area contributed by atoms with E-state index in [1.165, 1.54) is 4.68 Å². The van der Waals surface area contributed by atoms with Gasteiger partial charge in [0.15, 0.2) is 0 Å². The molecule has 6 heteroatoms. The molecule has 0 radical (unpaired) electrons. The molecule has 0 atom stereocenters. The fraction of sp³-hybridized carbons (Fsp3) is 0.556. The summed E-state index contributed by atoms with van der Waals surface area (Å²) >= 11 is 1.76. The van der Waals surface area contributed by atoms with Gasteiger partial charge in [-0.2, -0.15) is 16.9 Å². The third kappa shape index (κ3) is 1.87. The summed E-state index contributed by atoms with van der Waals surface area (Å²) < 4.78 is 1.40. The first-order valence-corrected chi connectivity index (χ1v) is 5.90. The molecule has 0 aromatic carbocycles. The monoisotopic (exact) mass is 228 g/mol. The molecule has 2 N–H and O–H groups in total. The van der Waals surface area contributed by atoms with Crippen molar-refractivity contribution in [1.29, 1.82) is 0 Å². The zero-order chi connectivity index (χ0) is 10.8. The highest BCUT2D eigenvalue weighted by Gasteiger charge is 2.24. The molecule has 0 unspecified atom stereocenters. The van der Waals surface area contributed by atoms with Gasteiger partial charge in [0.1, 0.15) is 5.69 Å². The average Bonchev–Trinajstić information content (AvgIpc) is 2.56. The number of rotatable bonds is 3. The molecule has 1 aromatic rings. The number of aliphatic hydroxyl groups excluding tert-OH is 1. The van der Waals surface area contributed by atoms with Crippen LogP contribution < -0.4 is 0 Å². The summed E-state index contributed by atoms with van der Waals surface area (Å²) in [6.07, 6.45) is 0.757. The van der Waals surface area contributed by atoms with Crippen LogP contribution in [0.25, 0.3) is 0 Å². The lowest BCUT2D eigenvalue weighted by Crippen LogP contribution is -2.14. The lowest BCUT2D eigenvalue weighted by Gasteiger charge is -2.08. The van der Waals surface area contributed by atoms with Crippen LogP contribution in [0.3, 0.4) is 0 Å². The maximum atomic E-state index is 11.1. The Morgan fingerprint density at radius 1 is 1.60 bits per heavy atom. The summed E-state index contributed by atoms with van der Waals surface area (Å²) in [7, 11) is 0. The summed E-state index contributed by atoms with van der Waals surface area (Å²) in [5.41, 5.74) is 1.95. The highest BCUT2D eigenvalue weighted by atomic mass is 32.2. The first kappa shape index (κ1) is 10.5. The van der Waals surface area contributed by atoms with E-state index < -0.39 is 5.97 Å². The van der Waals surface area contributed by atoms with Gasteiger partial charge in [0, 0.05) is 11.3 Å². The van der Waals surface area contributed by atoms with Gasteiger partial charge in [-0.15, -0.1) is 0 Å². The predicted molar refractivity (Wildman–Crippen MR) is 56.1 cm³/mol. The van der Waals surface area contributed by atoms with E-state index in [-0.39, 0.29) is 18.8 Å². The van der Waals surface area contributed by atoms with Crippen molar-refractivity contribution >= 4 is 17.7 Å². The van der Waals surface area contributed by atoms with Gasteiger partial charge in [-0.05, 0) is 12.2 Å². The van der Waals surface area contributed by atoms with Gasteiger partial charge >= 0.3 is 5.97 Å². The van der Waals surface area contributed by atoms with E-state index in [0.717, 1.165) is 29.2 Å². The van der Waals surface area contributed by atoms with Crippen molar-refractivity contribution in [1.82, 2.24) is 9.78 Å². The summed E-state index contributed by atoms with van der Waals surface area (Å²) in [4.78, 5) is 11.1. The van der Waals surface area contributed by atoms with E-state index in [2.05, 4.69) is 5.10 Å². The van der Waals surface area contributed by atoms with Gasteiger partial charge < -0.3 is 10.2 Å². The number of thioether (sulfide) groups is 1. The van der Waals surface area contributed by atoms with Gasteiger partial charge in [-0.1, -0.05) is 0 Å². The molecule has 0 amide bonds. The zero-order valence-electron chi connectivity index (χ0n) is 8.14. The van der Waals surface area contributed by atoms with Crippen LogP contribution in [0, 0.1) is 0 Å². The second-order valence-electron chi connectivity index (χ2n) is 3.33. The van der Waals surface area contributed by atoms with Crippen LogP contribution in [0.4, 0.5) is 0 Å². The van der Waals surface area contributed by atoms with E-state index in [4.69, 9.17) is 10.2 Å². The summed E-state index contributed by atoms with van der Waals surface area (Å²) in [6, 6.07) is 0. The van der Waals surface area contributed by atoms with Gasteiger partial charge in [-0.3, -0.25) is 4.68 Å². The molecule has 1 aromatic heterocycles. The molecule has 1 aliphatic heterocycles. The Labute approximate surface area is 91.1 Å². The minimum atomic E-state index is -0.955. The minimum Gasteiger partial charge on any atom is -0.477 e. The summed E-state index contributed by atoms with van der Waals surface area (Å²) in [5.74, 6) is 0.760. The molecule has 0 saturated carbocycles. The largest absolute Gasteiger partial charge is 0.477 e. The molecule has 2 rings (SSSR count). The normalized spacial score (nSPS) is 15.0. The van der Waals surface area contributed by atoms with Crippen molar-refractivity contribution in [2.45, 2.75) is 18.7 Å². The highest BCUT2D eigenvalue weighted by molar-refractivity contribution is 7.98. The van der Waals surface area contributed by atoms with Crippen LogP contribution in [0.15, 0.2) is 0 Å². The first-order valence-electron chi connectivity index (χ1n) is 4.74. The molecule has 0 saturated heterocycles. The fourth-order valence-corrected chi connectivity index (χ4v) is 2.68. The molecular formula is C9H12N2O3S. The SMILES string of the molecule is O=C(O)c1c2c(nn1CCO)CSCC2. The minimum absolute atomic E-state index is 0.0893. The second-order valence-corrected chi connectivity index (χ2v) is 4.43. The Kier molecular flexibility index (Phi) is 2.97. The number of carboxylic acids is 1. The number of aromatic carboxylic acids is 1. The Morgan fingerprint density at radius 2 is 2.40 bits per heavy atom. The van der Waals surface area contributed by atoms with Gasteiger partial charge in [-0.25, -0.2) is 4.79 Å². The van der Waals surface area contributed by atoms with Crippen molar-refractivity contribution in [3.05, 3.63) is 17.0 Å². The smallest absolute Gasteiger partial charge is 0.354 e. The van der Waals surface area contributed by atoms with Crippen LogP contribution in [-0.4, -0.2) is 38.3 Å². The van der Waals surface area contributed by atoms with Crippen LogP contribution in [-0.2, 0) is 18.7 Å². The van der Waals surface area contributed by atoms with Crippen LogP contribution >= 0.6 is 11.8 Å². The standard InChI is InChI=1S/C9H12N2O3S/c12-3-2-11-8(9(13)14)6-1-4-15-5-7(6)10-11/h12H,1-5H2,(H,13,14). The molecule has 0 aliphatic carbocycles. The maximum Gasteiger partial charge on any atom is 0.354 e. The third-order valence-electron chi connectivity index (χ3n) is 2.38. The van der Waals surface area contributed by atoms with E-state index in [1.807, 2.05) is 0 Å². The molecular weight excluding hydrogens is 216 g/mol. The lowest BCUT2D eigenvalue weighted by molar-refractivity contribution is 0.0680. The average molecular weight is 228 g/mol. The van der Waals surface area contributed by atoms with Crippen molar-refractivity contribution in [3.8, 4) is 0 Å². The van der Waals surface area contributed by atoms with Crippen molar-refractivity contribution in [3.63, 3.8) is 0 Å². The summed E-state index contributed by atoms with van der Waals surface area (Å²) in [5, 5.41) is 22.1. The van der Waals surface area contributed by atoms with E-state index in [9.17, 15) is 4.79 Å². The molecule has 0 fully saturated rings. The van der Waals surface area contributed by atoms with E-state index in [1.54, 1.807) is 11.8 Å². The van der Waals surface area contributed by atoms with Crippen molar-refractivity contribution < 1.29 is 15.0 Å². The van der Waals surface area contributed by atoms with Crippen molar-refractivity contribution in [2.24, 2.45) is 0 Å². The highest BCUT2D eigenvalue weighted by Crippen LogP contribution is 2.26. The third-order valence-corrected chi connectivity index (χ3v) is 3.35. The number of hydrogen-bond donors (Lipinski definition) is 2. The Bertz CT molecular complexity index is 389. The van der Waals surface area contributed by atoms with Gasteiger partial charge in [0.2, 0.25) is 0 Å². The number of carbonyl (C=O) groups is 1. The molecule has 15 heavy (non-hydrogen) atoms. The number of fused-ring (bicyclic) bond motifs is 1. The molecule has 5 nitrogen and oxygen atoms in total. The number of nitrogens with zero attached hydrogens (tertiary/aromatic N) is 2. The van der Waals surface area contributed by atoms with E-state index in [0.29, 0.717) is 0 Å². The lowest BCUT2D eigenvalue weighted by atomic mass is 10.1. The fourth-order valence-electron chi connectivity index (χ4n) is 1.77. The van der Waals surface area contributed by atoms with Gasteiger partial charge in [0.25, 0.3) is 0 Å². The quantitative estimate of drug-likeness (QED) is 0.781. The second kappa shape index (κ2) is 4.24. The summed E-state index contributed by atoms with van der Waals surface area (Å²) in [6.45, 7) is 0.160.